The van der Waals surface area contributed by atoms with Crippen molar-refractivity contribution < 1.29 is 18.3 Å². The SMILES string of the molecule is CC(C)CN(C1CC1)S(=O)(=O)c1c[nH]c(C(=O)O)c1. The van der Waals surface area contributed by atoms with E-state index in [0.717, 1.165) is 12.8 Å². The normalized spacial score (nSPS) is 16.2. The molecule has 1 aromatic rings. The van der Waals surface area contributed by atoms with Gasteiger partial charge in [0.1, 0.15) is 10.6 Å². The van der Waals surface area contributed by atoms with Crippen LogP contribution in [0.2, 0.25) is 0 Å². The van der Waals surface area contributed by atoms with Crippen LogP contribution in [0.1, 0.15) is 37.2 Å². The van der Waals surface area contributed by atoms with Gasteiger partial charge < -0.3 is 10.1 Å². The number of rotatable bonds is 6. The van der Waals surface area contributed by atoms with Crippen molar-refractivity contribution in [1.82, 2.24) is 9.29 Å². The van der Waals surface area contributed by atoms with Gasteiger partial charge in [0.15, 0.2) is 0 Å². The summed E-state index contributed by atoms with van der Waals surface area (Å²) in [4.78, 5) is 13.3. The van der Waals surface area contributed by atoms with Gasteiger partial charge in [-0.1, -0.05) is 13.8 Å². The summed E-state index contributed by atoms with van der Waals surface area (Å²) < 4.78 is 26.5. The third kappa shape index (κ3) is 2.98. The zero-order valence-electron chi connectivity index (χ0n) is 11.0. The van der Waals surface area contributed by atoms with Crippen LogP contribution in [-0.4, -0.2) is 41.4 Å². The Balaban J connectivity index is 2.30. The van der Waals surface area contributed by atoms with Crippen molar-refractivity contribution in [3.8, 4) is 0 Å². The predicted octanol–water partition coefficient (Wildman–Crippen LogP) is 1.52. The molecule has 1 aliphatic carbocycles. The van der Waals surface area contributed by atoms with E-state index in [4.69, 9.17) is 5.11 Å². The molecule has 1 aromatic heterocycles. The average Bonchev–Trinajstić information content (AvgIpc) is 2.99. The molecule has 0 spiro atoms. The van der Waals surface area contributed by atoms with E-state index in [1.54, 1.807) is 0 Å². The molecule has 2 N–H and O–H groups in total. The molecule has 0 amide bonds. The van der Waals surface area contributed by atoms with Crippen LogP contribution >= 0.6 is 0 Å². The monoisotopic (exact) mass is 286 g/mol. The number of carboxylic acids is 1. The second kappa shape index (κ2) is 4.97. The molecule has 1 heterocycles. The highest BCUT2D eigenvalue weighted by atomic mass is 32.2. The lowest BCUT2D eigenvalue weighted by atomic mass is 10.2. The van der Waals surface area contributed by atoms with Gasteiger partial charge >= 0.3 is 5.97 Å². The summed E-state index contributed by atoms with van der Waals surface area (Å²) in [6.07, 6.45) is 3.00. The number of aromatic carboxylic acids is 1. The molecule has 0 atom stereocenters. The van der Waals surface area contributed by atoms with Crippen LogP contribution in [-0.2, 0) is 10.0 Å². The number of aromatic nitrogens is 1. The van der Waals surface area contributed by atoms with Crippen molar-refractivity contribution in [3.05, 3.63) is 18.0 Å². The first-order valence-electron chi connectivity index (χ1n) is 6.26. The first kappa shape index (κ1) is 14.1. The lowest BCUT2D eigenvalue weighted by Crippen LogP contribution is -2.35. The molecule has 19 heavy (non-hydrogen) atoms. The Morgan fingerprint density at radius 1 is 1.53 bits per heavy atom. The molecule has 0 unspecified atom stereocenters. The number of carboxylic acid groups (broad SMARTS) is 1. The van der Waals surface area contributed by atoms with Crippen LogP contribution in [0.25, 0.3) is 0 Å². The Bertz CT molecular complexity index is 572. The molecule has 0 saturated heterocycles. The van der Waals surface area contributed by atoms with Crippen molar-refractivity contribution in [2.45, 2.75) is 37.6 Å². The standard InChI is InChI=1S/C12H18N2O4S/c1-8(2)7-14(9-3-4-9)19(17,18)10-5-11(12(15)16)13-6-10/h5-6,8-9,13H,3-4,7H2,1-2H3,(H,15,16). The predicted molar refractivity (Wildman–Crippen MR) is 69.5 cm³/mol. The number of H-pyrrole nitrogens is 1. The minimum absolute atomic E-state index is 0.0254. The van der Waals surface area contributed by atoms with Crippen molar-refractivity contribution in [3.63, 3.8) is 0 Å². The quantitative estimate of drug-likeness (QED) is 0.829. The van der Waals surface area contributed by atoms with Gasteiger partial charge in [0.25, 0.3) is 0 Å². The van der Waals surface area contributed by atoms with Gasteiger partial charge in [-0.05, 0) is 24.8 Å². The number of hydrogen-bond donors (Lipinski definition) is 2. The summed E-state index contributed by atoms with van der Waals surface area (Å²) in [5.74, 6) is -0.934. The first-order valence-corrected chi connectivity index (χ1v) is 7.70. The zero-order valence-corrected chi connectivity index (χ0v) is 11.8. The number of sulfonamides is 1. The third-order valence-corrected chi connectivity index (χ3v) is 4.89. The topological polar surface area (TPSA) is 90.5 Å². The van der Waals surface area contributed by atoms with Crippen LogP contribution in [0.4, 0.5) is 0 Å². The maximum atomic E-state index is 12.5. The number of hydrogen-bond acceptors (Lipinski definition) is 3. The van der Waals surface area contributed by atoms with Gasteiger partial charge in [0, 0.05) is 18.8 Å². The van der Waals surface area contributed by atoms with Gasteiger partial charge in [-0.25, -0.2) is 13.2 Å². The summed E-state index contributed by atoms with van der Waals surface area (Å²) in [5.41, 5.74) is -0.112. The van der Waals surface area contributed by atoms with Crippen LogP contribution in [0, 0.1) is 5.92 Å². The van der Waals surface area contributed by atoms with Crippen molar-refractivity contribution in [2.24, 2.45) is 5.92 Å². The summed E-state index contributed by atoms with van der Waals surface area (Å²) in [7, 11) is -3.61. The van der Waals surface area contributed by atoms with Gasteiger partial charge in [-0.15, -0.1) is 0 Å². The molecule has 1 saturated carbocycles. The fourth-order valence-corrected chi connectivity index (χ4v) is 3.79. The van der Waals surface area contributed by atoms with E-state index in [9.17, 15) is 13.2 Å². The van der Waals surface area contributed by atoms with E-state index >= 15 is 0 Å². The molecule has 1 fully saturated rings. The number of nitrogens with one attached hydrogen (secondary N) is 1. The maximum absolute atomic E-state index is 12.5. The van der Waals surface area contributed by atoms with E-state index in [2.05, 4.69) is 4.98 Å². The Kier molecular flexibility index (Phi) is 3.69. The first-order chi connectivity index (χ1) is 8.82. The Morgan fingerprint density at radius 2 is 2.16 bits per heavy atom. The van der Waals surface area contributed by atoms with E-state index in [0.29, 0.717) is 6.54 Å². The van der Waals surface area contributed by atoms with Gasteiger partial charge in [-0.2, -0.15) is 4.31 Å². The minimum atomic E-state index is -3.61. The Hall–Kier alpha value is -1.34. The number of carbonyl (C=O) groups is 1. The zero-order chi connectivity index (χ0) is 14.2. The molecule has 106 valence electrons. The molecule has 0 radical (unpaired) electrons. The Labute approximate surface area is 112 Å². The second-order valence-corrected chi connectivity index (χ2v) is 7.14. The average molecular weight is 286 g/mol. The third-order valence-electron chi connectivity index (χ3n) is 2.99. The molecular weight excluding hydrogens is 268 g/mol. The molecule has 0 bridgehead atoms. The summed E-state index contributed by atoms with van der Waals surface area (Å²) in [6.45, 7) is 4.38. The fourth-order valence-electron chi connectivity index (χ4n) is 1.95. The molecule has 2 rings (SSSR count). The summed E-state index contributed by atoms with van der Waals surface area (Å²) in [6, 6.07) is 1.24. The minimum Gasteiger partial charge on any atom is -0.477 e. The highest BCUT2D eigenvalue weighted by Crippen LogP contribution is 2.32. The molecule has 0 aliphatic heterocycles. The molecular formula is C12H18N2O4S. The highest BCUT2D eigenvalue weighted by molar-refractivity contribution is 7.89. The van der Waals surface area contributed by atoms with Crippen molar-refractivity contribution in [2.75, 3.05) is 6.54 Å². The largest absolute Gasteiger partial charge is 0.477 e. The van der Waals surface area contributed by atoms with E-state index < -0.39 is 16.0 Å². The van der Waals surface area contributed by atoms with E-state index in [-0.39, 0.29) is 22.5 Å². The fraction of sp³-hybridized carbons (Fsp3) is 0.583. The summed E-state index contributed by atoms with van der Waals surface area (Å²) >= 11 is 0. The van der Waals surface area contributed by atoms with E-state index in [1.807, 2.05) is 13.8 Å². The maximum Gasteiger partial charge on any atom is 0.352 e. The molecule has 1 aliphatic rings. The van der Waals surface area contributed by atoms with Crippen molar-refractivity contribution >= 4 is 16.0 Å². The van der Waals surface area contributed by atoms with Crippen LogP contribution in [0.5, 0.6) is 0 Å². The lowest BCUT2D eigenvalue weighted by molar-refractivity contribution is 0.0691. The van der Waals surface area contributed by atoms with E-state index in [1.165, 1.54) is 16.6 Å². The smallest absolute Gasteiger partial charge is 0.352 e. The molecule has 7 heteroatoms. The van der Waals surface area contributed by atoms with Crippen molar-refractivity contribution in [1.29, 1.82) is 0 Å². The number of aromatic amines is 1. The lowest BCUT2D eigenvalue weighted by Gasteiger charge is -2.23. The van der Waals surface area contributed by atoms with Gasteiger partial charge in [-0.3, -0.25) is 0 Å². The highest BCUT2D eigenvalue weighted by Gasteiger charge is 2.38. The Morgan fingerprint density at radius 3 is 2.58 bits per heavy atom. The van der Waals surface area contributed by atoms with Crippen LogP contribution in [0.3, 0.4) is 0 Å². The second-order valence-electron chi connectivity index (χ2n) is 5.25. The number of nitrogens with zero attached hydrogens (tertiary/aromatic N) is 1. The van der Waals surface area contributed by atoms with Gasteiger partial charge in [0.2, 0.25) is 10.0 Å². The van der Waals surface area contributed by atoms with Gasteiger partial charge in [0.05, 0.1) is 0 Å². The van der Waals surface area contributed by atoms with Crippen LogP contribution < -0.4 is 0 Å². The van der Waals surface area contributed by atoms with Crippen LogP contribution in [0.15, 0.2) is 17.2 Å². The molecule has 0 aromatic carbocycles. The molecule has 6 nitrogen and oxygen atoms in total. The summed E-state index contributed by atoms with van der Waals surface area (Å²) in [5, 5.41) is 8.83.